The minimum absolute atomic E-state index is 0.118. The molecule has 3 aromatic carbocycles. The summed E-state index contributed by atoms with van der Waals surface area (Å²) in [5.41, 5.74) is -4.26. The first-order valence-corrected chi connectivity index (χ1v) is 11.8. The van der Waals surface area contributed by atoms with E-state index in [1.807, 2.05) is 0 Å². The lowest BCUT2D eigenvalue weighted by Crippen LogP contribution is -2.31. The van der Waals surface area contributed by atoms with Gasteiger partial charge in [0.1, 0.15) is 34.6 Å². The first-order chi connectivity index (χ1) is 18.8. The van der Waals surface area contributed by atoms with Gasteiger partial charge in [0.2, 0.25) is 0 Å². The van der Waals surface area contributed by atoms with Crippen molar-refractivity contribution in [1.29, 1.82) is 0 Å². The van der Waals surface area contributed by atoms with Gasteiger partial charge < -0.3 is 18.9 Å². The molecule has 0 atom stereocenters. The van der Waals surface area contributed by atoms with E-state index in [0.717, 1.165) is 18.2 Å². The van der Waals surface area contributed by atoms with Gasteiger partial charge in [0.25, 0.3) is 0 Å². The highest BCUT2D eigenvalue weighted by Gasteiger charge is 2.42. The molecule has 4 nitrogen and oxygen atoms in total. The lowest BCUT2D eigenvalue weighted by Gasteiger charge is -2.30. The zero-order valence-electron chi connectivity index (χ0n) is 20.6. The molecular formula is C27H21F9O4. The molecule has 1 aliphatic heterocycles. The van der Waals surface area contributed by atoms with Gasteiger partial charge in [-0.05, 0) is 48.9 Å². The molecule has 1 fully saturated rings. The third-order valence-electron chi connectivity index (χ3n) is 5.92. The average Bonchev–Trinajstić information content (AvgIpc) is 2.86. The normalized spacial score (nSPS) is 18.1. The highest BCUT2D eigenvalue weighted by atomic mass is 19.4. The van der Waals surface area contributed by atoms with Crippen LogP contribution in [0.2, 0.25) is 0 Å². The van der Waals surface area contributed by atoms with Crippen molar-refractivity contribution in [3.8, 4) is 16.9 Å². The third kappa shape index (κ3) is 6.53. The Hall–Kier alpha value is -3.29. The Balaban J connectivity index is 1.51. The number of ether oxygens (including phenoxy) is 4. The lowest BCUT2D eigenvalue weighted by atomic mass is 10.0. The van der Waals surface area contributed by atoms with Crippen LogP contribution in [0.3, 0.4) is 0 Å². The fourth-order valence-electron chi connectivity index (χ4n) is 4.03. The van der Waals surface area contributed by atoms with Gasteiger partial charge in [-0.3, -0.25) is 0 Å². The quantitative estimate of drug-likeness (QED) is 0.256. The monoisotopic (exact) mass is 580 g/mol. The molecule has 3 aromatic rings. The second kappa shape index (κ2) is 11.7. The average molecular weight is 580 g/mol. The Morgan fingerprint density at radius 1 is 0.800 bits per heavy atom. The van der Waals surface area contributed by atoms with E-state index in [4.69, 9.17) is 14.2 Å². The molecule has 0 N–H and O–H groups in total. The Kier molecular flexibility index (Phi) is 8.66. The lowest BCUT2D eigenvalue weighted by molar-refractivity contribution is -0.212. The van der Waals surface area contributed by atoms with Crippen LogP contribution in [0.15, 0.2) is 48.5 Å². The van der Waals surface area contributed by atoms with Gasteiger partial charge >= 0.3 is 12.3 Å². The fraction of sp³-hybridized carbons (Fsp3) is 0.333. The van der Waals surface area contributed by atoms with E-state index in [1.165, 1.54) is 0 Å². The fourth-order valence-corrected chi connectivity index (χ4v) is 4.03. The second-order valence-corrected chi connectivity index (χ2v) is 8.84. The molecule has 0 radical (unpaired) electrons. The van der Waals surface area contributed by atoms with Crippen molar-refractivity contribution in [2.45, 2.75) is 25.5 Å². The van der Waals surface area contributed by atoms with E-state index in [2.05, 4.69) is 4.74 Å². The summed E-state index contributed by atoms with van der Waals surface area (Å²) in [6, 6.07) is 4.89. The SMILES string of the molecule is CCOCC1COC(c2cc(F)c(C(F)(F)Oc3ccc(-c4ccc(C(F)(F)F)c(F)c4)c(F)c3)c(F)c2)OC1. The van der Waals surface area contributed by atoms with Gasteiger partial charge in [0.15, 0.2) is 6.29 Å². The summed E-state index contributed by atoms with van der Waals surface area (Å²) in [4.78, 5) is 0. The maximum atomic E-state index is 14.8. The largest absolute Gasteiger partial charge is 0.432 e. The molecule has 4 rings (SSSR count). The molecule has 0 unspecified atom stereocenters. The highest BCUT2D eigenvalue weighted by molar-refractivity contribution is 5.65. The van der Waals surface area contributed by atoms with E-state index < -0.39 is 64.3 Å². The van der Waals surface area contributed by atoms with Gasteiger partial charge in [-0.25, -0.2) is 17.6 Å². The maximum Gasteiger partial charge on any atom is 0.432 e. The van der Waals surface area contributed by atoms with Crippen molar-refractivity contribution in [3.63, 3.8) is 0 Å². The summed E-state index contributed by atoms with van der Waals surface area (Å²) in [6.45, 7) is 2.92. The second-order valence-electron chi connectivity index (χ2n) is 8.84. The van der Waals surface area contributed by atoms with Crippen LogP contribution in [-0.4, -0.2) is 26.4 Å². The molecule has 1 heterocycles. The molecule has 40 heavy (non-hydrogen) atoms. The molecule has 0 saturated carbocycles. The summed E-state index contributed by atoms with van der Waals surface area (Å²) < 4.78 is 146. The van der Waals surface area contributed by atoms with Crippen molar-refractivity contribution >= 4 is 0 Å². The molecular weight excluding hydrogens is 559 g/mol. The van der Waals surface area contributed by atoms with Crippen LogP contribution in [0.4, 0.5) is 39.5 Å². The number of rotatable bonds is 8. The molecule has 0 bridgehead atoms. The van der Waals surface area contributed by atoms with Gasteiger partial charge in [0, 0.05) is 29.7 Å². The van der Waals surface area contributed by atoms with Gasteiger partial charge in [-0.1, -0.05) is 6.07 Å². The third-order valence-corrected chi connectivity index (χ3v) is 5.92. The number of halogens is 9. The highest BCUT2D eigenvalue weighted by Crippen LogP contribution is 2.39. The summed E-state index contributed by atoms with van der Waals surface area (Å²) in [5, 5.41) is 0. The van der Waals surface area contributed by atoms with E-state index >= 15 is 0 Å². The van der Waals surface area contributed by atoms with Crippen molar-refractivity contribution in [2.75, 3.05) is 26.4 Å². The molecule has 0 amide bonds. The summed E-state index contributed by atoms with van der Waals surface area (Å²) in [6.07, 6.45) is -10.8. The predicted octanol–water partition coefficient (Wildman–Crippen LogP) is 7.76. The number of alkyl halides is 5. The molecule has 1 saturated heterocycles. The minimum atomic E-state index is -4.98. The van der Waals surface area contributed by atoms with Crippen LogP contribution >= 0.6 is 0 Å². The predicted molar refractivity (Wildman–Crippen MR) is 122 cm³/mol. The Morgan fingerprint density at radius 3 is 2.00 bits per heavy atom. The smallest absolute Gasteiger partial charge is 0.429 e. The van der Waals surface area contributed by atoms with Crippen molar-refractivity contribution in [3.05, 3.63) is 88.5 Å². The summed E-state index contributed by atoms with van der Waals surface area (Å²) in [7, 11) is 0. The Morgan fingerprint density at radius 2 is 1.45 bits per heavy atom. The minimum Gasteiger partial charge on any atom is -0.429 e. The van der Waals surface area contributed by atoms with E-state index in [-0.39, 0.29) is 30.3 Å². The van der Waals surface area contributed by atoms with Crippen LogP contribution in [-0.2, 0) is 26.5 Å². The molecule has 0 aliphatic carbocycles. The topological polar surface area (TPSA) is 36.9 Å². The zero-order valence-corrected chi connectivity index (χ0v) is 20.6. The summed E-state index contributed by atoms with van der Waals surface area (Å²) >= 11 is 0. The maximum absolute atomic E-state index is 14.8. The Labute approximate surface area is 222 Å². The van der Waals surface area contributed by atoms with E-state index in [9.17, 15) is 39.5 Å². The number of benzene rings is 3. The molecule has 1 aliphatic rings. The number of hydrogen-bond acceptors (Lipinski definition) is 4. The first kappa shape index (κ1) is 29.7. The van der Waals surface area contributed by atoms with Crippen LogP contribution in [0.1, 0.15) is 29.9 Å². The van der Waals surface area contributed by atoms with Crippen LogP contribution in [0.5, 0.6) is 5.75 Å². The molecule has 0 aromatic heterocycles. The van der Waals surface area contributed by atoms with E-state index in [0.29, 0.717) is 43.5 Å². The van der Waals surface area contributed by atoms with Gasteiger partial charge in [-0.15, -0.1) is 0 Å². The molecule has 13 heteroatoms. The zero-order chi connectivity index (χ0) is 29.2. The van der Waals surface area contributed by atoms with Crippen LogP contribution in [0, 0.1) is 29.2 Å². The van der Waals surface area contributed by atoms with Crippen LogP contribution in [0.25, 0.3) is 11.1 Å². The van der Waals surface area contributed by atoms with Gasteiger partial charge in [0.05, 0.1) is 25.4 Å². The van der Waals surface area contributed by atoms with Gasteiger partial charge in [-0.2, -0.15) is 22.0 Å². The van der Waals surface area contributed by atoms with Crippen molar-refractivity contribution < 1.29 is 58.5 Å². The molecule has 0 spiro atoms. The van der Waals surface area contributed by atoms with Crippen LogP contribution < -0.4 is 4.74 Å². The number of hydrogen-bond donors (Lipinski definition) is 0. The standard InChI is InChI=1S/C27H21F9O4/c1-2-37-11-14-12-38-25(39-13-14)16-8-22(30)24(23(31)9-16)27(35,36)40-17-4-5-18(20(28)10-17)15-3-6-19(21(29)7-15)26(32,33)34/h3-10,14,25H,2,11-13H2,1H3. The molecule has 216 valence electrons. The first-order valence-electron chi connectivity index (χ1n) is 11.8. The Bertz CT molecular complexity index is 1330. The van der Waals surface area contributed by atoms with E-state index in [1.54, 1.807) is 6.92 Å². The summed E-state index contributed by atoms with van der Waals surface area (Å²) in [5.74, 6) is -7.27. The van der Waals surface area contributed by atoms with Crippen molar-refractivity contribution in [2.24, 2.45) is 5.92 Å². The van der Waals surface area contributed by atoms with Crippen molar-refractivity contribution in [1.82, 2.24) is 0 Å².